The predicted molar refractivity (Wildman–Crippen MR) is 59.4 cm³/mol. The van der Waals surface area contributed by atoms with E-state index in [1.165, 1.54) is 7.11 Å². The summed E-state index contributed by atoms with van der Waals surface area (Å²) in [5, 5.41) is 4.76. The van der Waals surface area contributed by atoms with Gasteiger partial charge in [-0.1, -0.05) is 22.8 Å². The summed E-state index contributed by atoms with van der Waals surface area (Å²) in [4.78, 5) is 11.0. The molecule has 4 nitrogen and oxygen atoms in total. The van der Waals surface area contributed by atoms with Crippen molar-refractivity contribution in [2.45, 2.75) is 12.8 Å². The first kappa shape index (κ1) is 11.0. The van der Waals surface area contributed by atoms with Crippen LogP contribution < -0.4 is 0 Å². The number of nitrogens with zero attached hydrogens (tertiary/aromatic N) is 1. The normalized spacial score (nSPS) is 10.6. The number of methoxy groups -OCH3 is 1. The highest BCUT2D eigenvalue weighted by Gasteiger charge is 2.07. The average Bonchev–Trinajstić information content (AvgIpc) is 2.68. The summed E-state index contributed by atoms with van der Waals surface area (Å²) in [6.45, 7) is 0. The van der Waals surface area contributed by atoms with Crippen LogP contribution in [0.2, 0.25) is 5.15 Å². The topological polar surface area (TPSA) is 52.3 Å². The van der Waals surface area contributed by atoms with E-state index in [0.717, 1.165) is 10.9 Å². The molecule has 16 heavy (non-hydrogen) atoms. The maximum absolute atomic E-state index is 11.0. The zero-order chi connectivity index (χ0) is 11.5. The van der Waals surface area contributed by atoms with Crippen LogP contribution in [0, 0.1) is 0 Å². The van der Waals surface area contributed by atoms with E-state index >= 15 is 0 Å². The molecule has 0 aliphatic carbocycles. The Balaban J connectivity index is 2.19. The Bertz CT molecular complexity index is 521. The number of hydrogen-bond acceptors (Lipinski definition) is 4. The minimum atomic E-state index is -0.225. The van der Waals surface area contributed by atoms with E-state index in [-0.39, 0.29) is 5.97 Å². The highest BCUT2D eigenvalue weighted by Crippen LogP contribution is 2.24. The molecule has 2 rings (SSSR count). The Kier molecular flexibility index (Phi) is 3.10. The summed E-state index contributed by atoms with van der Waals surface area (Å²) in [6.07, 6.45) is 0.967. The molecular weight excluding hydrogens is 230 g/mol. The van der Waals surface area contributed by atoms with E-state index in [1.54, 1.807) is 6.07 Å². The number of halogens is 1. The molecule has 84 valence electrons. The van der Waals surface area contributed by atoms with Crippen LogP contribution >= 0.6 is 11.6 Å². The van der Waals surface area contributed by atoms with E-state index in [2.05, 4.69) is 9.89 Å². The molecule has 0 aliphatic rings. The van der Waals surface area contributed by atoms with Crippen molar-refractivity contribution in [3.8, 4) is 0 Å². The second kappa shape index (κ2) is 4.53. The molecule has 0 unspecified atom stereocenters. The first-order chi connectivity index (χ1) is 7.70. The maximum atomic E-state index is 11.0. The quantitative estimate of drug-likeness (QED) is 0.773. The van der Waals surface area contributed by atoms with Crippen LogP contribution in [0.3, 0.4) is 0 Å². The van der Waals surface area contributed by atoms with Crippen LogP contribution in [0.25, 0.3) is 11.0 Å². The largest absolute Gasteiger partial charge is 0.469 e. The molecule has 0 radical (unpaired) electrons. The second-order valence-electron chi connectivity index (χ2n) is 3.38. The van der Waals surface area contributed by atoms with Gasteiger partial charge in [0, 0.05) is 6.42 Å². The van der Waals surface area contributed by atoms with Crippen molar-refractivity contribution in [1.29, 1.82) is 0 Å². The fourth-order valence-corrected chi connectivity index (χ4v) is 1.64. The number of fused-ring (bicyclic) bond motifs is 1. The molecule has 0 fully saturated rings. The fourth-order valence-electron chi connectivity index (χ4n) is 1.46. The second-order valence-corrected chi connectivity index (χ2v) is 3.74. The Morgan fingerprint density at radius 1 is 1.56 bits per heavy atom. The van der Waals surface area contributed by atoms with Crippen molar-refractivity contribution in [1.82, 2.24) is 5.16 Å². The third-order valence-electron chi connectivity index (χ3n) is 2.34. The average molecular weight is 240 g/mol. The van der Waals surface area contributed by atoms with Gasteiger partial charge in [-0.25, -0.2) is 0 Å². The van der Waals surface area contributed by atoms with E-state index < -0.39 is 0 Å². The maximum Gasteiger partial charge on any atom is 0.305 e. The Morgan fingerprint density at radius 2 is 2.38 bits per heavy atom. The van der Waals surface area contributed by atoms with Crippen LogP contribution in [-0.2, 0) is 16.0 Å². The minimum Gasteiger partial charge on any atom is -0.469 e. The summed E-state index contributed by atoms with van der Waals surface area (Å²) in [5.41, 5.74) is 1.65. The standard InChI is InChI=1S/C11H10ClNO3/c1-15-10(14)5-3-7-2-4-9-8(6-7)11(12)13-16-9/h2,4,6H,3,5H2,1H3. The highest BCUT2D eigenvalue weighted by atomic mass is 35.5. The summed E-state index contributed by atoms with van der Waals surface area (Å²) >= 11 is 5.84. The van der Waals surface area contributed by atoms with Gasteiger partial charge in [-0.2, -0.15) is 0 Å². The van der Waals surface area contributed by atoms with E-state index in [9.17, 15) is 4.79 Å². The highest BCUT2D eigenvalue weighted by molar-refractivity contribution is 6.34. The van der Waals surface area contributed by atoms with E-state index in [4.69, 9.17) is 16.1 Å². The third kappa shape index (κ3) is 2.17. The lowest BCUT2D eigenvalue weighted by Gasteiger charge is -2.00. The fraction of sp³-hybridized carbons (Fsp3) is 0.273. The molecule has 0 atom stereocenters. The van der Waals surface area contributed by atoms with Gasteiger partial charge in [-0.15, -0.1) is 0 Å². The number of aromatic nitrogens is 1. The van der Waals surface area contributed by atoms with Crippen LogP contribution in [-0.4, -0.2) is 18.2 Å². The van der Waals surface area contributed by atoms with Crippen LogP contribution in [0.5, 0.6) is 0 Å². The van der Waals surface area contributed by atoms with Crippen molar-refractivity contribution >= 4 is 28.5 Å². The Hall–Kier alpha value is -1.55. The van der Waals surface area contributed by atoms with Gasteiger partial charge in [-0.3, -0.25) is 4.79 Å². The van der Waals surface area contributed by atoms with Crippen molar-refractivity contribution in [3.05, 3.63) is 28.9 Å². The SMILES string of the molecule is COC(=O)CCc1ccc2onc(Cl)c2c1. The molecule has 0 amide bonds. The van der Waals surface area contributed by atoms with Crippen molar-refractivity contribution in [3.63, 3.8) is 0 Å². The number of hydrogen-bond donors (Lipinski definition) is 0. The van der Waals surface area contributed by atoms with E-state index in [0.29, 0.717) is 23.6 Å². The summed E-state index contributed by atoms with van der Waals surface area (Å²) in [5.74, 6) is -0.225. The smallest absolute Gasteiger partial charge is 0.305 e. The molecule has 0 saturated heterocycles. The van der Waals surface area contributed by atoms with Gasteiger partial charge in [0.1, 0.15) is 0 Å². The first-order valence-electron chi connectivity index (χ1n) is 4.81. The summed E-state index contributed by atoms with van der Waals surface area (Å²) < 4.78 is 9.55. The molecule has 2 aromatic rings. The van der Waals surface area contributed by atoms with Crippen molar-refractivity contribution in [2.75, 3.05) is 7.11 Å². The van der Waals surface area contributed by atoms with Gasteiger partial charge < -0.3 is 9.26 Å². The first-order valence-corrected chi connectivity index (χ1v) is 5.19. The molecule has 0 spiro atoms. The number of esters is 1. The molecule has 5 heteroatoms. The lowest BCUT2D eigenvalue weighted by molar-refractivity contribution is -0.140. The molecule has 0 bridgehead atoms. The zero-order valence-electron chi connectivity index (χ0n) is 8.70. The van der Waals surface area contributed by atoms with Gasteiger partial charge in [0.05, 0.1) is 12.5 Å². The van der Waals surface area contributed by atoms with Gasteiger partial charge in [0.15, 0.2) is 10.7 Å². The lowest BCUT2D eigenvalue weighted by Crippen LogP contribution is -2.01. The zero-order valence-corrected chi connectivity index (χ0v) is 9.45. The predicted octanol–water partition coefficient (Wildman–Crippen LogP) is 2.59. The molecule has 0 aliphatic heterocycles. The van der Waals surface area contributed by atoms with Crippen LogP contribution in [0.4, 0.5) is 0 Å². The van der Waals surface area contributed by atoms with Gasteiger partial charge in [0.25, 0.3) is 0 Å². The number of rotatable bonds is 3. The summed E-state index contributed by atoms with van der Waals surface area (Å²) in [6, 6.07) is 5.55. The van der Waals surface area contributed by atoms with E-state index in [1.807, 2.05) is 12.1 Å². The Morgan fingerprint density at radius 3 is 3.12 bits per heavy atom. The number of benzene rings is 1. The van der Waals surface area contributed by atoms with Gasteiger partial charge in [0.2, 0.25) is 0 Å². The van der Waals surface area contributed by atoms with Crippen LogP contribution in [0.1, 0.15) is 12.0 Å². The Labute approximate surface area is 97.1 Å². The lowest BCUT2D eigenvalue weighted by atomic mass is 10.1. The van der Waals surface area contributed by atoms with Crippen LogP contribution in [0.15, 0.2) is 22.7 Å². The third-order valence-corrected chi connectivity index (χ3v) is 2.61. The number of carbonyl (C=O) groups is 1. The molecular formula is C11H10ClNO3. The number of aryl methyl sites for hydroxylation is 1. The number of ether oxygens (including phenoxy) is 1. The minimum absolute atomic E-state index is 0.225. The van der Waals surface area contributed by atoms with Crippen molar-refractivity contribution in [2.24, 2.45) is 0 Å². The number of carbonyl (C=O) groups excluding carboxylic acids is 1. The molecule has 1 aromatic carbocycles. The van der Waals surface area contributed by atoms with Gasteiger partial charge in [-0.05, 0) is 24.1 Å². The molecule has 0 N–H and O–H groups in total. The molecule has 0 saturated carbocycles. The summed E-state index contributed by atoms with van der Waals surface area (Å²) in [7, 11) is 1.38. The van der Waals surface area contributed by atoms with Crippen molar-refractivity contribution < 1.29 is 14.1 Å². The van der Waals surface area contributed by atoms with Gasteiger partial charge >= 0.3 is 5.97 Å². The molecule has 1 aromatic heterocycles. The monoisotopic (exact) mass is 239 g/mol. The molecule has 1 heterocycles.